The number of fused-ring (bicyclic) bond motifs is 1. The van der Waals surface area contributed by atoms with Gasteiger partial charge in [0.1, 0.15) is 0 Å². The van der Waals surface area contributed by atoms with E-state index in [-0.39, 0.29) is 11.8 Å². The highest BCUT2D eigenvalue weighted by molar-refractivity contribution is 7.13. The largest absolute Gasteiger partial charge is 0.397 e. The van der Waals surface area contributed by atoms with Gasteiger partial charge in [-0.3, -0.25) is 9.59 Å². The number of thiophene rings is 1. The summed E-state index contributed by atoms with van der Waals surface area (Å²) >= 11 is 1.64. The lowest BCUT2D eigenvalue weighted by molar-refractivity contribution is -0.117. The molecule has 0 radical (unpaired) electrons. The SMILES string of the molecule is Nc1ccc(-c2cccs2)cc1NC(=O)c1ccc2c(c1)CC(=O)N2CCN1CCCCC1. The molecule has 5 rings (SSSR count). The number of nitrogen functional groups attached to an aromatic ring is 1. The maximum atomic E-state index is 13.0. The van der Waals surface area contributed by atoms with Crippen LogP contribution in [0, 0.1) is 0 Å². The average Bonchev–Trinajstić information content (AvgIpc) is 3.47. The second kappa shape index (κ2) is 9.37. The Morgan fingerprint density at radius 1 is 1.03 bits per heavy atom. The Morgan fingerprint density at radius 2 is 1.88 bits per heavy atom. The van der Waals surface area contributed by atoms with Crippen LogP contribution in [0.1, 0.15) is 35.2 Å². The fourth-order valence-corrected chi connectivity index (χ4v) is 5.37. The number of hydrogen-bond donors (Lipinski definition) is 2. The van der Waals surface area contributed by atoms with E-state index in [1.807, 2.05) is 52.7 Å². The van der Waals surface area contributed by atoms with Gasteiger partial charge >= 0.3 is 0 Å². The summed E-state index contributed by atoms with van der Waals surface area (Å²) in [6.45, 7) is 3.83. The van der Waals surface area contributed by atoms with Crippen LogP contribution >= 0.6 is 11.3 Å². The van der Waals surface area contributed by atoms with Gasteiger partial charge in [0.15, 0.2) is 0 Å². The van der Waals surface area contributed by atoms with Crippen LogP contribution in [0.5, 0.6) is 0 Å². The lowest BCUT2D eigenvalue weighted by atomic mass is 10.1. The third kappa shape index (κ3) is 4.65. The summed E-state index contributed by atoms with van der Waals surface area (Å²) in [5.74, 6) is -0.125. The zero-order chi connectivity index (χ0) is 22.8. The van der Waals surface area contributed by atoms with E-state index in [4.69, 9.17) is 5.73 Å². The minimum atomic E-state index is -0.230. The molecule has 0 aliphatic carbocycles. The number of piperidine rings is 1. The number of nitrogens with two attached hydrogens (primary N) is 1. The topological polar surface area (TPSA) is 78.7 Å². The predicted molar refractivity (Wildman–Crippen MR) is 135 cm³/mol. The molecule has 0 bridgehead atoms. The Hall–Kier alpha value is -3.16. The first kappa shape index (κ1) is 21.7. The van der Waals surface area contributed by atoms with Crippen molar-refractivity contribution in [2.24, 2.45) is 0 Å². The van der Waals surface area contributed by atoms with E-state index in [0.29, 0.717) is 29.9 Å². The second-order valence-corrected chi connectivity index (χ2v) is 9.65. The minimum Gasteiger partial charge on any atom is -0.397 e. The summed E-state index contributed by atoms with van der Waals surface area (Å²) in [4.78, 5) is 31.1. The first-order valence-electron chi connectivity index (χ1n) is 11.5. The number of anilines is 3. The number of nitrogens with zero attached hydrogens (tertiary/aromatic N) is 2. The molecule has 6 nitrogen and oxygen atoms in total. The molecule has 1 saturated heterocycles. The van der Waals surface area contributed by atoms with Crippen LogP contribution in [-0.4, -0.2) is 42.9 Å². The second-order valence-electron chi connectivity index (χ2n) is 8.70. The van der Waals surface area contributed by atoms with Crippen molar-refractivity contribution in [3.63, 3.8) is 0 Å². The molecule has 0 atom stereocenters. The van der Waals surface area contributed by atoms with Crippen LogP contribution in [-0.2, 0) is 11.2 Å². The number of benzene rings is 2. The summed E-state index contributed by atoms with van der Waals surface area (Å²) in [6, 6.07) is 15.2. The minimum absolute atomic E-state index is 0.104. The van der Waals surface area contributed by atoms with Crippen molar-refractivity contribution in [1.29, 1.82) is 0 Å². The first-order valence-corrected chi connectivity index (χ1v) is 12.4. The van der Waals surface area contributed by atoms with Crippen molar-refractivity contribution < 1.29 is 9.59 Å². The average molecular weight is 461 g/mol. The number of nitrogens with one attached hydrogen (secondary N) is 1. The Kier molecular flexibility index (Phi) is 6.15. The van der Waals surface area contributed by atoms with Crippen LogP contribution < -0.4 is 16.0 Å². The summed E-state index contributed by atoms with van der Waals surface area (Å²) < 4.78 is 0. The van der Waals surface area contributed by atoms with Gasteiger partial charge in [0, 0.05) is 29.2 Å². The molecule has 0 saturated carbocycles. The summed E-state index contributed by atoms with van der Waals surface area (Å²) in [5.41, 5.74) is 10.6. The highest BCUT2D eigenvalue weighted by atomic mass is 32.1. The third-order valence-electron chi connectivity index (χ3n) is 6.47. The Morgan fingerprint density at radius 3 is 2.67 bits per heavy atom. The zero-order valence-electron chi connectivity index (χ0n) is 18.5. The van der Waals surface area contributed by atoms with E-state index in [1.54, 1.807) is 17.4 Å². The van der Waals surface area contributed by atoms with E-state index in [9.17, 15) is 9.59 Å². The van der Waals surface area contributed by atoms with Gasteiger partial charge < -0.3 is 20.9 Å². The molecule has 1 fully saturated rings. The van der Waals surface area contributed by atoms with Gasteiger partial charge in [-0.1, -0.05) is 18.6 Å². The van der Waals surface area contributed by atoms with Crippen LogP contribution in [0.4, 0.5) is 17.1 Å². The van der Waals surface area contributed by atoms with Gasteiger partial charge in [-0.05, 0) is 78.8 Å². The van der Waals surface area contributed by atoms with Crippen molar-refractivity contribution in [1.82, 2.24) is 4.90 Å². The third-order valence-corrected chi connectivity index (χ3v) is 7.39. The molecule has 3 heterocycles. The highest BCUT2D eigenvalue weighted by Gasteiger charge is 2.28. The molecule has 2 amide bonds. The molecule has 1 aromatic heterocycles. The standard InChI is InChI=1S/C26H28N4O2S/c27-21-8-6-18(24-5-4-14-33-24)16-22(21)28-26(32)19-7-9-23-20(15-19)17-25(31)30(23)13-12-29-10-2-1-3-11-29/h4-9,14-16H,1-3,10-13,17,27H2,(H,28,32). The molecule has 7 heteroatoms. The number of amides is 2. The van der Waals surface area contributed by atoms with E-state index in [1.165, 1.54) is 19.3 Å². The monoisotopic (exact) mass is 460 g/mol. The van der Waals surface area contributed by atoms with Gasteiger partial charge in [-0.15, -0.1) is 11.3 Å². The fraction of sp³-hybridized carbons (Fsp3) is 0.308. The number of carbonyl (C=O) groups excluding carboxylic acids is 2. The number of likely N-dealkylation sites (tertiary alicyclic amines) is 1. The Bertz CT molecular complexity index is 1170. The van der Waals surface area contributed by atoms with E-state index in [0.717, 1.165) is 41.3 Å². The number of rotatable bonds is 6. The molecule has 0 spiro atoms. The quantitative estimate of drug-likeness (QED) is 0.526. The van der Waals surface area contributed by atoms with Gasteiger partial charge in [-0.2, -0.15) is 0 Å². The van der Waals surface area contributed by atoms with Crippen molar-refractivity contribution in [2.45, 2.75) is 25.7 Å². The molecule has 0 unspecified atom stereocenters. The summed E-state index contributed by atoms with van der Waals surface area (Å²) in [5, 5.41) is 4.97. The molecule has 3 aromatic rings. The highest BCUT2D eigenvalue weighted by Crippen LogP contribution is 2.32. The zero-order valence-corrected chi connectivity index (χ0v) is 19.4. The molecule has 2 aliphatic rings. The Labute approximate surface area is 198 Å². The van der Waals surface area contributed by atoms with Gasteiger partial charge in [0.05, 0.1) is 17.8 Å². The van der Waals surface area contributed by atoms with Gasteiger partial charge in [0.2, 0.25) is 5.91 Å². The summed E-state index contributed by atoms with van der Waals surface area (Å²) in [6.07, 6.45) is 4.12. The molecular weight excluding hydrogens is 432 g/mol. The van der Waals surface area contributed by atoms with E-state index in [2.05, 4.69) is 10.2 Å². The van der Waals surface area contributed by atoms with Crippen LogP contribution in [0.25, 0.3) is 10.4 Å². The predicted octanol–water partition coefficient (Wildman–Crippen LogP) is 4.62. The molecule has 3 N–H and O–H groups in total. The van der Waals surface area contributed by atoms with Gasteiger partial charge in [-0.25, -0.2) is 0 Å². The molecule has 33 heavy (non-hydrogen) atoms. The fourth-order valence-electron chi connectivity index (χ4n) is 4.65. The molecular formula is C26H28N4O2S. The van der Waals surface area contributed by atoms with Crippen molar-refractivity contribution in [3.05, 3.63) is 65.0 Å². The van der Waals surface area contributed by atoms with Crippen LogP contribution in [0.2, 0.25) is 0 Å². The van der Waals surface area contributed by atoms with Crippen molar-refractivity contribution in [3.8, 4) is 10.4 Å². The lowest BCUT2D eigenvalue weighted by Gasteiger charge is -2.28. The van der Waals surface area contributed by atoms with Gasteiger partial charge in [0.25, 0.3) is 5.91 Å². The number of hydrogen-bond acceptors (Lipinski definition) is 5. The molecule has 170 valence electrons. The smallest absolute Gasteiger partial charge is 0.255 e. The first-order chi connectivity index (χ1) is 16.1. The van der Waals surface area contributed by atoms with Crippen LogP contribution in [0.15, 0.2) is 53.9 Å². The number of carbonyl (C=O) groups is 2. The van der Waals surface area contributed by atoms with Crippen molar-refractivity contribution in [2.75, 3.05) is 42.1 Å². The lowest BCUT2D eigenvalue weighted by Crippen LogP contribution is -2.39. The van der Waals surface area contributed by atoms with Crippen LogP contribution in [0.3, 0.4) is 0 Å². The molecule has 2 aliphatic heterocycles. The van der Waals surface area contributed by atoms with E-state index >= 15 is 0 Å². The van der Waals surface area contributed by atoms with E-state index < -0.39 is 0 Å². The van der Waals surface area contributed by atoms with Crippen molar-refractivity contribution >= 4 is 40.2 Å². The summed E-state index contributed by atoms with van der Waals surface area (Å²) in [7, 11) is 0. The maximum absolute atomic E-state index is 13.0. The maximum Gasteiger partial charge on any atom is 0.255 e. The normalized spacial score (nSPS) is 16.1. The molecule has 2 aromatic carbocycles. The Balaban J connectivity index is 1.29.